The van der Waals surface area contributed by atoms with Crippen molar-refractivity contribution >= 4 is 11.8 Å². The van der Waals surface area contributed by atoms with Gasteiger partial charge in [0.05, 0.1) is 11.8 Å². The van der Waals surface area contributed by atoms with Crippen molar-refractivity contribution in [2.24, 2.45) is 0 Å². The predicted molar refractivity (Wildman–Crippen MR) is 65.6 cm³/mol. The number of rotatable bonds is 4. The van der Waals surface area contributed by atoms with Crippen molar-refractivity contribution in [1.29, 1.82) is 0 Å². The van der Waals surface area contributed by atoms with Crippen LogP contribution in [0.25, 0.3) is 0 Å². The molecule has 0 radical (unpaired) electrons. The highest BCUT2D eigenvalue weighted by Crippen LogP contribution is 2.24. The van der Waals surface area contributed by atoms with Gasteiger partial charge in [-0.15, -0.1) is 0 Å². The molecule has 0 saturated carbocycles. The Morgan fingerprint density at radius 3 is 2.59 bits per heavy atom. The largest absolute Gasteiger partial charge is 0.387 e. The normalized spacial score (nSPS) is 12.4. The van der Waals surface area contributed by atoms with Gasteiger partial charge in [-0.3, -0.25) is 4.98 Å². The van der Waals surface area contributed by atoms with Gasteiger partial charge in [0.15, 0.2) is 5.16 Å². The van der Waals surface area contributed by atoms with Crippen molar-refractivity contribution in [3.8, 4) is 0 Å². The van der Waals surface area contributed by atoms with Crippen LogP contribution >= 0.6 is 11.8 Å². The second-order valence-corrected chi connectivity index (χ2v) is 4.52. The molecule has 88 valence electrons. The molecule has 0 aromatic carbocycles. The first-order valence-corrected chi connectivity index (χ1v) is 6.20. The van der Waals surface area contributed by atoms with Crippen LogP contribution in [0.15, 0.2) is 46.8 Å². The zero-order valence-corrected chi connectivity index (χ0v) is 10.3. The van der Waals surface area contributed by atoms with Crippen molar-refractivity contribution < 1.29 is 5.11 Å². The van der Waals surface area contributed by atoms with Gasteiger partial charge in [-0.25, -0.2) is 9.97 Å². The highest BCUT2D eigenvalue weighted by atomic mass is 32.2. The van der Waals surface area contributed by atoms with E-state index in [1.165, 1.54) is 11.8 Å². The molecule has 1 unspecified atom stereocenters. The lowest BCUT2D eigenvalue weighted by molar-refractivity contribution is 0.169. The van der Waals surface area contributed by atoms with Gasteiger partial charge < -0.3 is 5.11 Å². The fourth-order valence-corrected chi connectivity index (χ4v) is 1.98. The van der Waals surface area contributed by atoms with Crippen molar-refractivity contribution in [3.05, 3.63) is 42.5 Å². The average Bonchev–Trinajstić information content (AvgIpc) is 2.40. The topological polar surface area (TPSA) is 58.9 Å². The Balaban J connectivity index is 2.08. The third-order valence-corrected chi connectivity index (χ3v) is 3.11. The number of aliphatic hydroxyl groups excluding tert-OH is 1. The minimum Gasteiger partial charge on any atom is -0.387 e. The Labute approximate surface area is 104 Å². The van der Waals surface area contributed by atoms with E-state index in [0.717, 1.165) is 4.90 Å². The van der Waals surface area contributed by atoms with Gasteiger partial charge >= 0.3 is 0 Å². The summed E-state index contributed by atoms with van der Waals surface area (Å²) in [5, 5.41) is 10.3. The van der Waals surface area contributed by atoms with Gasteiger partial charge in [0.1, 0.15) is 0 Å². The number of pyridine rings is 1. The molecule has 17 heavy (non-hydrogen) atoms. The lowest BCUT2D eigenvalue weighted by Crippen LogP contribution is -1.98. The maximum absolute atomic E-state index is 9.62. The highest BCUT2D eigenvalue weighted by molar-refractivity contribution is 7.99. The summed E-state index contributed by atoms with van der Waals surface area (Å²) < 4.78 is 0. The number of hydrogen-bond donors (Lipinski definition) is 1. The van der Waals surface area contributed by atoms with Crippen LogP contribution in [-0.2, 0) is 0 Å². The van der Waals surface area contributed by atoms with Crippen LogP contribution in [-0.4, -0.2) is 20.1 Å². The smallest absolute Gasteiger partial charge is 0.192 e. The summed E-state index contributed by atoms with van der Waals surface area (Å²) in [5.41, 5.74) is 0.700. The van der Waals surface area contributed by atoms with E-state index in [4.69, 9.17) is 0 Å². The number of hydrogen-bond acceptors (Lipinski definition) is 5. The SMILES string of the molecule is CCC(O)c1ccc(Sc2ncccn2)cn1. The Kier molecular flexibility index (Phi) is 4.06. The Hall–Kier alpha value is -1.46. The zero-order valence-electron chi connectivity index (χ0n) is 9.45. The van der Waals surface area contributed by atoms with Gasteiger partial charge in [-0.05, 0) is 36.4 Å². The van der Waals surface area contributed by atoms with Crippen molar-refractivity contribution in [1.82, 2.24) is 15.0 Å². The summed E-state index contributed by atoms with van der Waals surface area (Å²) in [5.74, 6) is 0. The van der Waals surface area contributed by atoms with Gasteiger partial charge in [0.2, 0.25) is 0 Å². The number of aliphatic hydroxyl groups is 1. The van der Waals surface area contributed by atoms with E-state index >= 15 is 0 Å². The van der Waals surface area contributed by atoms with Crippen LogP contribution in [0.3, 0.4) is 0 Å². The average molecular weight is 247 g/mol. The zero-order chi connectivity index (χ0) is 12.1. The van der Waals surface area contributed by atoms with E-state index in [1.54, 1.807) is 24.7 Å². The first-order valence-electron chi connectivity index (χ1n) is 5.38. The minimum atomic E-state index is -0.484. The van der Waals surface area contributed by atoms with Gasteiger partial charge in [0, 0.05) is 23.5 Å². The second-order valence-electron chi connectivity index (χ2n) is 3.48. The molecule has 0 aliphatic rings. The summed E-state index contributed by atoms with van der Waals surface area (Å²) >= 11 is 1.45. The molecule has 1 atom stereocenters. The van der Waals surface area contributed by atoms with E-state index in [-0.39, 0.29) is 0 Å². The van der Waals surface area contributed by atoms with E-state index in [0.29, 0.717) is 17.3 Å². The molecule has 0 bridgehead atoms. The molecule has 5 heteroatoms. The summed E-state index contributed by atoms with van der Waals surface area (Å²) in [6, 6.07) is 5.53. The van der Waals surface area contributed by atoms with E-state index in [9.17, 15) is 5.11 Å². The molecule has 1 N–H and O–H groups in total. The van der Waals surface area contributed by atoms with E-state index in [1.807, 2.05) is 19.1 Å². The Bertz CT molecular complexity index is 461. The lowest BCUT2D eigenvalue weighted by atomic mass is 10.2. The Morgan fingerprint density at radius 2 is 2.00 bits per heavy atom. The van der Waals surface area contributed by atoms with E-state index < -0.39 is 6.10 Å². The molecule has 0 aliphatic carbocycles. The van der Waals surface area contributed by atoms with Crippen LogP contribution in [0.2, 0.25) is 0 Å². The van der Waals surface area contributed by atoms with Gasteiger partial charge in [-0.1, -0.05) is 6.92 Å². The third-order valence-electron chi connectivity index (χ3n) is 2.24. The maximum Gasteiger partial charge on any atom is 0.192 e. The van der Waals surface area contributed by atoms with Crippen molar-refractivity contribution in [2.75, 3.05) is 0 Å². The first kappa shape index (κ1) is 12.0. The van der Waals surface area contributed by atoms with Crippen LogP contribution in [0, 0.1) is 0 Å². The quantitative estimate of drug-likeness (QED) is 0.841. The summed E-state index contributed by atoms with van der Waals surface area (Å²) in [6.07, 6.45) is 5.33. The van der Waals surface area contributed by atoms with Crippen molar-refractivity contribution in [2.45, 2.75) is 29.5 Å². The molecule has 0 fully saturated rings. The fraction of sp³-hybridized carbons (Fsp3) is 0.250. The van der Waals surface area contributed by atoms with Gasteiger partial charge in [0.25, 0.3) is 0 Å². The lowest BCUT2D eigenvalue weighted by Gasteiger charge is -2.07. The molecule has 2 aromatic rings. The summed E-state index contributed by atoms with van der Waals surface area (Å²) in [4.78, 5) is 13.4. The monoisotopic (exact) mass is 247 g/mol. The Morgan fingerprint density at radius 1 is 1.24 bits per heavy atom. The van der Waals surface area contributed by atoms with E-state index in [2.05, 4.69) is 15.0 Å². The molecular weight excluding hydrogens is 234 g/mol. The molecule has 4 nitrogen and oxygen atoms in total. The number of nitrogens with zero attached hydrogens (tertiary/aromatic N) is 3. The molecule has 2 rings (SSSR count). The first-order chi connectivity index (χ1) is 8.29. The third kappa shape index (κ3) is 3.25. The number of aromatic nitrogens is 3. The molecule has 0 spiro atoms. The van der Waals surface area contributed by atoms with Crippen LogP contribution in [0.5, 0.6) is 0 Å². The second kappa shape index (κ2) is 5.75. The molecule has 2 heterocycles. The molecule has 0 amide bonds. The molecule has 0 saturated heterocycles. The highest BCUT2D eigenvalue weighted by Gasteiger charge is 2.06. The standard InChI is InChI=1S/C12H13N3OS/c1-2-11(16)10-5-4-9(8-15-10)17-12-13-6-3-7-14-12/h3-8,11,16H,2H2,1H3. The maximum atomic E-state index is 9.62. The summed E-state index contributed by atoms with van der Waals surface area (Å²) in [6.45, 7) is 1.92. The predicted octanol–water partition coefficient (Wildman–Crippen LogP) is 2.47. The molecule has 0 aliphatic heterocycles. The van der Waals surface area contributed by atoms with Crippen LogP contribution in [0.4, 0.5) is 0 Å². The van der Waals surface area contributed by atoms with Crippen LogP contribution in [0.1, 0.15) is 25.1 Å². The molecule has 2 aromatic heterocycles. The molecular formula is C12H13N3OS. The fourth-order valence-electron chi connectivity index (χ4n) is 1.30. The minimum absolute atomic E-state index is 0.484. The van der Waals surface area contributed by atoms with Crippen molar-refractivity contribution in [3.63, 3.8) is 0 Å². The van der Waals surface area contributed by atoms with Gasteiger partial charge in [-0.2, -0.15) is 0 Å². The summed E-state index contributed by atoms with van der Waals surface area (Å²) in [7, 11) is 0. The van der Waals surface area contributed by atoms with Crippen LogP contribution < -0.4 is 0 Å².